The Kier molecular flexibility index (Phi) is 3.75. The predicted octanol–water partition coefficient (Wildman–Crippen LogP) is 3.74. The number of nitrogens with one attached hydrogen (secondary N) is 1. The van der Waals surface area contributed by atoms with Gasteiger partial charge in [0, 0.05) is 11.3 Å². The third kappa shape index (κ3) is 2.97. The van der Waals surface area contributed by atoms with Crippen LogP contribution in [-0.2, 0) is 0 Å². The highest BCUT2D eigenvalue weighted by molar-refractivity contribution is 6.04. The monoisotopic (exact) mass is 235 g/mol. The van der Waals surface area contributed by atoms with E-state index < -0.39 is 0 Å². The number of anilines is 1. The van der Waals surface area contributed by atoms with Crippen molar-refractivity contribution in [2.45, 2.75) is 0 Å². The molecular formula is C16H13NO. The van der Waals surface area contributed by atoms with Crippen molar-refractivity contribution in [2.24, 2.45) is 0 Å². The van der Waals surface area contributed by atoms with Crippen LogP contribution in [-0.4, -0.2) is 5.91 Å². The van der Waals surface area contributed by atoms with E-state index in [1.165, 1.54) is 0 Å². The lowest BCUT2D eigenvalue weighted by Gasteiger charge is -2.05. The summed E-state index contributed by atoms with van der Waals surface area (Å²) in [6.45, 7) is 3.52. The number of carbonyl (C=O) groups is 1. The lowest BCUT2D eigenvalue weighted by molar-refractivity contribution is 0.102. The van der Waals surface area contributed by atoms with Crippen molar-refractivity contribution in [1.29, 1.82) is 0 Å². The number of rotatable bonds is 3. The first kappa shape index (κ1) is 11.9. The van der Waals surface area contributed by atoms with Gasteiger partial charge in [-0.05, 0) is 35.9 Å². The van der Waals surface area contributed by atoms with Gasteiger partial charge in [0.15, 0.2) is 0 Å². The first-order chi connectivity index (χ1) is 8.79. The third-order valence-electron chi connectivity index (χ3n) is 2.47. The van der Waals surface area contributed by atoms with Crippen LogP contribution in [0.25, 0.3) is 6.08 Å². The predicted molar refractivity (Wildman–Crippen MR) is 74.4 cm³/mol. The largest absolute Gasteiger partial charge is 0.322 e. The van der Waals surface area contributed by atoms with Crippen LogP contribution in [0.5, 0.6) is 0 Å². The maximum Gasteiger partial charge on any atom is 0.255 e. The normalized spacial score (nSPS) is 9.33. The molecule has 2 aromatic carbocycles. The van der Waals surface area contributed by atoms with Gasteiger partial charge in [0.1, 0.15) is 0 Å². The number of hydrogen-bond acceptors (Lipinski definition) is 1. The molecule has 18 heavy (non-hydrogen) atoms. The summed E-state index contributed by atoms with van der Waals surface area (Å²) in [5.74, 6) is -0.109. The summed E-state index contributed by atoms with van der Waals surface area (Å²) in [5.41, 5.74) is 5.12. The van der Waals surface area contributed by atoms with Crippen LogP contribution in [0.2, 0.25) is 0 Å². The van der Waals surface area contributed by atoms with Crippen molar-refractivity contribution in [3.05, 3.63) is 78.0 Å². The number of hydrogen-bond donors (Lipinski definition) is 1. The summed E-state index contributed by atoms with van der Waals surface area (Å²) in [6, 6.07) is 16.6. The number of benzene rings is 2. The van der Waals surface area contributed by atoms with E-state index in [-0.39, 0.29) is 5.91 Å². The minimum absolute atomic E-state index is 0.109. The molecule has 2 heteroatoms. The van der Waals surface area contributed by atoms with Gasteiger partial charge in [0.05, 0.1) is 0 Å². The minimum atomic E-state index is -0.109. The molecule has 0 bridgehead atoms. The molecule has 0 spiro atoms. The Labute approximate surface area is 106 Å². The molecule has 0 unspecified atom stereocenters. The van der Waals surface area contributed by atoms with Gasteiger partial charge in [0.2, 0.25) is 0 Å². The van der Waals surface area contributed by atoms with Crippen molar-refractivity contribution < 1.29 is 4.79 Å². The summed E-state index contributed by atoms with van der Waals surface area (Å²) in [5, 5.41) is 2.84. The fourth-order valence-corrected chi connectivity index (χ4v) is 1.57. The Morgan fingerprint density at radius 3 is 2.33 bits per heavy atom. The molecule has 88 valence electrons. The van der Waals surface area contributed by atoms with E-state index in [1.807, 2.05) is 42.5 Å². The van der Waals surface area contributed by atoms with Crippen LogP contribution in [0.15, 0.2) is 66.9 Å². The smallest absolute Gasteiger partial charge is 0.255 e. The van der Waals surface area contributed by atoms with E-state index in [1.54, 1.807) is 18.2 Å². The van der Waals surface area contributed by atoms with Crippen molar-refractivity contribution >= 4 is 17.7 Å². The molecule has 2 aromatic rings. The SMILES string of the molecule is C=C=Cc1ccc(NC(=O)c2ccccc2)cc1. The van der Waals surface area contributed by atoms with Crippen LogP contribution in [0, 0.1) is 0 Å². The Morgan fingerprint density at radius 2 is 1.72 bits per heavy atom. The van der Waals surface area contributed by atoms with E-state index in [0.29, 0.717) is 5.56 Å². The fraction of sp³-hybridized carbons (Fsp3) is 0. The van der Waals surface area contributed by atoms with E-state index >= 15 is 0 Å². The number of carbonyl (C=O) groups excluding carboxylic acids is 1. The average Bonchev–Trinajstić information content (AvgIpc) is 2.42. The molecule has 0 aliphatic carbocycles. The molecular weight excluding hydrogens is 222 g/mol. The van der Waals surface area contributed by atoms with Crippen LogP contribution < -0.4 is 5.32 Å². The van der Waals surface area contributed by atoms with E-state index in [0.717, 1.165) is 11.3 Å². The molecule has 0 aromatic heterocycles. The zero-order chi connectivity index (χ0) is 12.8. The Hall–Kier alpha value is -2.57. The van der Waals surface area contributed by atoms with Crippen molar-refractivity contribution in [3.8, 4) is 0 Å². The molecule has 0 saturated heterocycles. The maximum atomic E-state index is 11.9. The summed E-state index contributed by atoms with van der Waals surface area (Å²) in [4.78, 5) is 11.9. The van der Waals surface area contributed by atoms with Crippen LogP contribution in [0.3, 0.4) is 0 Å². The molecule has 1 N–H and O–H groups in total. The highest BCUT2D eigenvalue weighted by Crippen LogP contribution is 2.12. The second-order valence-corrected chi connectivity index (χ2v) is 3.79. The Balaban J connectivity index is 2.10. The number of amides is 1. The summed E-state index contributed by atoms with van der Waals surface area (Å²) in [7, 11) is 0. The summed E-state index contributed by atoms with van der Waals surface area (Å²) in [6.07, 6.45) is 1.78. The van der Waals surface area contributed by atoms with Crippen molar-refractivity contribution in [2.75, 3.05) is 5.32 Å². The highest BCUT2D eigenvalue weighted by Gasteiger charge is 2.04. The van der Waals surface area contributed by atoms with Gasteiger partial charge in [0.25, 0.3) is 5.91 Å². The van der Waals surface area contributed by atoms with E-state index in [2.05, 4.69) is 17.6 Å². The zero-order valence-electron chi connectivity index (χ0n) is 9.89. The summed E-state index contributed by atoms with van der Waals surface area (Å²) < 4.78 is 0. The first-order valence-corrected chi connectivity index (χ1v) is 5.62. The van der Waals surface area contributed by atoms with E-state index in [9.17, 15) is 4.79 Å². The van der Waals surface area contributed by atoms with Crippen LogP contribution in [0.1, 0.15) is 15.9 Å². The van der Waals surface area contributed by atoms with Gasteiger partial charge in [-0.25, -0.2) is 0 Å². The molecule has 0 aliphatic rings. The van der Waals surface area contributed by atoms with Crippen molar-refractivity contribution in [3.63, 3.8) is 0 Å². The quantitative estimate of drug-likeness (QED) is 0.807. The highest BCUT2D eigenvalue weighted by atomic mass is 16.1. The van der Waals surface area contributed by atoms with Crippen molar-refractivity contribution in [1.82, 2.24) is 0 Å². The molecule has 0 atom stereocenters. The molecule has 0 fully saturated rings. The van der Waals surface area contributed by atoms with Gasteiger partial charge in [-0.2, -0.15) is 0 Å². The second kappa shape index (κ2) is 5.67. The Bertz CT molecular complexity index is 578. The maximum absolute atomic E-state index is 11.9. The molecule has 2 nitrogen and oxygen atoms in total. The lowest BCUT2D eigenvalue weighted by Crippen LogP contribution is -2.11. The lowest BCUT2D eigenvalue weighted by atomic mass is 10.2. The third-order valence-corrected chi connectivity index (χ3v) is 2.47. The molecule has 1 amide bonds. The standard InChI is InChI=1S/C16H13NO/c1-2-6-13-9-11-15(12-10-13)17-16(18)14-7-4-3-5-8-14/h3-12H,1H2,(H,17,18). The van der Waals surface area contributed by atoms with Gasteiger partial charge < -0.3 is 5.32 Å². The fourth-order valence-electron chi connectivity index (χ4n) is 1.57. The zero-order valence-corrected chi connectivity index (χ0v) is 9.89. The average molecular weight is 235 g/mol. The second-order valence-electron chi connectivity index (χ2n) is 3.79. The molecule has 0 aliphatic heterocycles. The van der Waals surface area contributed by atoms with Crippen LogP contribution >= 0.6 is 0 Å². The van der Waals surface area contributed by atoms with Crippen LogP contribution in [0.4, 0.5) is 5.69 Å². The molecule has 0 saturated carbocycles. The minimum Gasteiger partial charge on any atom is -0.322 e. The molecule has 0 radical (unpaired) electrons. The van der Waals surface area contributed by atoms with E-state index in [4.69, 9.17) is 0 Å². The van der Waals surface area contributed by atoms with Gasteiger partial charge in [-0.3, -0.25) is 4.79 Å². The van der Waals surface area contributed by atoms with Gasteiger partial charge in [-0.1, -0.05) is 36.9 Å². The topological polar surface area (TPSA) is 29.1 Å². The molecule has 0 heterocycles. The Morgan fingerprint density at radius 1 is 1.06 bits per heavy atom. The van der Waals surface area contributed by atoms with Gasteiger partial charge >= 0.3 is 0 Å². The van der Waals surface area contributed by atoms with Gasteiger partial charge in [-0.15, -0.1) is 5.73 Å². The summed E-state index contributed by atoms with van der Waals surface area (Å²) >= 11 is 0. The molecule has 2 rings (SSSR count). The first-order valence-electron chi connectivity index (χ1n) is 5.62.